The summed E-state index contributed by atoms with van der Waals surface area (Å²) in [7, 11) is -3.59. The SMILES string of the molecule is CCCCC(C)c1cc(C#N)c(C(=O)N=C(N)N)cc1S(C)(=O)=O. The molecule has 1 aromatic carbocycles. The number of carbonyl (C=O) groups is 1. The molecule has 1 rings (SSSR count). The van der Waals surface area contributed by atoms with E-state index in [4.69, 9.17) is 11.5 Å². The van der Waals surface area contributed by atoms with E-state index in [9.17, 15) is 18.5 Å². The van der Waals surface area contributed by atoms with Crippen LogP contribution < -0.4 is 11.5 Å². The molecular weight excluding hydrogens is 328 g/mol. The van der Waals surface area contributed by atoms with Crippen molar-refractivity contribution >= 4 is 21.7 Å². The number of aliphatic imine (C=N–C) groups is 1. The maximum Gasteiger partial charge on any atom is 0.281 e. The van der Waals surface area contributed by atoms with Gasteiger partial charge in [-0.25, -0.2) is 8.42 Å². The predicted octanol–water partition coefficient (Wildman–Crippen LogP) is 1.67. The van der Waals surface area contributed by atoms with E-state index >= 15 is 0 Å². The van der Waals surface area contributed by atoms with Crippen molar-refractivity contribution in [1.82, 2.24) is 0 Å². The van der Waals surface area contributed by atoms with E-state index in [1.54, 1.807) is 0 Å². The van der Waals surface area contributed by atoms with Crippen LogP contribution in [0, 0.1) is 11.3 Å². The molecule has 0 aromatic heterocycles. The van der Waals surface area contributed by atoms with Crippen LogP contribution in [0.2, 0.25) is 0 Å². The maximum atomic E-state index is 12.1. The molecule has 130 valence electrons. The minimum Gasteiger partial charge on any atom is -0.370 e. The highest BCUT2D eigenvalue weighted by Gasteiger charge is 2.23. The topological polar surface area (TPSA) is 139 Å². The molecule has 0 radical (unpaired) electrons. The van der Waals surface area contributed by atoms with Crippen LogP contribution in [0.1, 0.15) is 60.5 Å². The van der Waals surface area contributed by atoms with Crippen LogP contribution in [-0.2, 0) is 9.84 Å². The molecule has 0 aliphatic carbocycles. The summed E-state index contributed by atoms with van der Waals surface area (Å²) in [5, 5.41) is 9.31. The Morgan fingerprint density at radius 3 is 2.46 bits per heavy atom. The summed E-state index contributed by atoms with van der Waals surface area (Å²) in [4.78, 5) is 15.5. The number of rotatable bonds is 6. The zero-order valence-electron chi connectivity index (χ0n) is 14.0. The molecule has 1 atom stereocenters. The largest absolute Gasteiger partial charge is 0.370 e. The lowest BCUT2D eigenvalue weighted by Crippen LogP contribution is -2.24. The molecule has 0 aliphatic rings. The minimum atomic E-state index is -3.59. The summed E-state index contributed by atoms with van der Waals surface area (Å²) in [6.07, 6.45) is 3.76. The Balaban J connectivity index is 3.61. The first-order valence-electron chi connectivity index (χ1n) is 7.53. The van der Waals surface area contributed by atoms with Crippen molar-refractivity contribution in [2.75, 3.05) is 6.26 Å². The van der Waals surface area contributed by atoms with Gasteiger partial charge in [0.05, 0.1) is 22.1 Å². The van der Waals surface area contributed by atoms with Gasteiger partial charge in [-0.3, -0.25) is 4.79 Å². The highest BCUT2D eigenvalue weighted by Crippen LogP contribution is 2.31. The van der Waals surface area contributed by atoms with Crippen LogP contribution in [-0.4, -0.2) is 26.5 Å². The smallest absolute Gasteiger partial charge is 0.281 e. The number of nitrogens with two attached hydrogens (primary N) is 2. The number of nitrogens with zero attached hydrogens (tertiary/aromatic N) is 2. The predicted molar refractivity (Wildman–Crippen MR) is 92.3 cm³/mol. The molecule has 8 heteroatoms. The van der Waals surface area contributed by atoms with Gasteiger partial charge >= 0.3 is 0 Å². The molecule has 4 N–H and O–H groups in total. The summed E-state index contributed by atoms with van der Waals surface area (Å²) < 4.78 is 24.3. The summed E-state index contributed by atoms with van der Waals surface area (Å²) in [6, 6.07) is 4.56. The van der Waals surface area contributed by atoms with E-state index in [0.29, 0.717) is 5.56 Å². The molecule has 0 fully saturated rings. The first kappa shape index (κ1) is 19.6. The number of sulfone groups is 1. The summed E-state index contributed by atoms with van der Waals surface area (Å²) in [6.45, 7) is 3.94. The van der Waals surface area contributed by atoms with Crippen molar-refractivity contribution in [2.24, 2.45) is 16.5 Å². The van der Waals surface area contributed by atoms with Gasteiger partial charge in [0.15, 0.2) is 15.8 Å². The Hall–Kier alpha value is -2.40. The third-order valence-electron chi connectivity index (χ3n) is 3.65. The van der Waals surface area contributed by atoms with Crippen LogP contribution in [0.3, 0.4) is 0 Å². The molecule has 0 aliphatic heterocycles. The van der Waals surface area contributed by atoms with Crippen LogP contribution in [0.4, 0.5) is 0 Å². The second kappa shape index (κ2) is 7.93. The lowest BCUT2D eigenvalue weighted by atomic mass is 9.92. The fraction of sp³-hybridized carbons (Fsp3) is 0.438. The van der Waals surface area contributed by atoms with E-state index in [2.05, 4.69) is 4.99 Å². The highest BCUT2D eigenvalue weighted by molar-refractivity contribution is 7.90. The Morgan fingerprint density at radius 2 is 2.00 bits per heavy atom. The fourth-order valence-electron chi connectivity index (χ4n) is 2.42. The molecular formula is C16H22N4O3S. The van der Waals surface area contributed by atoms with Crippen molar-refractivity contribution in [3.8, 4) is 6.07 Å². The van der Waals surface area contributed by atoms with Gasteiger partial charge in [0.2, 0.25) is 0 Å². The van der Waals surface area contributed by atoms with Gasteiger partial charge in [-0.15, -0.1) is 0 Å². The summed E-state index contributed by atoms with van der Waals surface area (Å²) >= 11 is 0. The molecule has 0 bridgehead atoms. The molecule has 7 nitrogen and oxygen atoms in total. The number of nitriles is 1. The van der Waals surface area contributed by atoms with Crippen molar-refractivity contribution in [3.05, 3.63) is 28.8 Å². The lowest BCUT2D eigenvalue weighted by Gasteiger charge is -2.17. The molecule has 1 aromatic rings. The van der Waals surface area contributed by atoms with Crippen molar-refractivity contribution in [1.29, 1.82) is 5.26 Å². The van der Waals surface area contributed by atoms with Crippen LogP contribution >= 0.6 is 0 Å². The third-order valence-corrected chi connectivity index (χ3v) is 4.81. The van der Waals surface area contributed by atoms with Gasteiger partial charge in [-0.05, 0) is 30.0 Å². The molecule has 0 saturated carbocycles. The zero-order chi connectivity index (χ0) is 18.5. The third kappa shape index (κ3) is 4.80. The molecule has 0 spiro atoms. The first-order valence-corrected chi connectivity index (χ1v) is 9.43. The van der Waals surface area contributed by atoms with Gasteiger partial charge in [-0.1, -0.05) is 26.7 Å². The normalized spacial score (nSPS) is 12.2. The standard InChI is InChI=1S/C16H22N4O3S/c1-4-5-6-10(2)12-7-11(9-17)13(15(21)20-16(18)19)8-14(12)24(3,22)23/h7-8,10H,4-6H2,1-3H3,(H4,18,19,20,21). The second-order valence-electron chi connectivity index (χ2n) is 5.70. The van der Waals surface area contributed by atoms with Crippen LogP contribution in [0.15, 0.2) is 22.0 Å². The zero-order valence-corrected chi connectivity index (χ0v) is 14.9. The number of amides is 1. The Bertz CT molecular complexity index is 803. The van der Waals surface area contributed by atoms with Gasteiger partial charge in [0.25, 0.3) is 5.91 Å². The van der Waals surface area contributed by atoms with Crippen molar-refractivity contribution in [2.45, 2.75) is 43.9 Å². The number of benzene rings is 1. The van der Waals surface area contributed by atoms with E-state index < -0.39 is 21.7 Å². The van der Waals surface area contributed by atoms with Crippen molar-refractivity contribution < 1.29 is 13.2 Å². The number of carbonyl (C=O) groups excluding carboxylic acids is 1. The average Bonchev–Trinajstić information content (AvgIpc) is 2.49. The first-order chi connectivity index (χ1) is 11.1. The van der Waals surface area contributed by atoms with Gasteiger partial charge in [0, 0.05) is 6.26 Å². The van der Waals surface area contributed by atoms with Gasteiger partial charge in [0.1, 0.15) is 0 Å². The Morgan fingerprint density at radius 1 is 1.38 bits per heavy atom. The molecule has 24 heavy (non-hydrogen) atoms. The van der Waals surface area contributed by atoms with Crippen LogP contribution in [0.5, 0.6) is 0 Å². The number of hydrogen-bond acceptors (Lipinski definition) is 4. The van der Waals surface area contributed by atoms with Crippen LogP contribution in [0.25, 0.3) is 0 Å². The number of unbranched alkanes of at least 4 members (excludes halogenated alkanes) is 1. The summed E-state index contributed by atoms with van der Waals surface area (Å²) in [5.74, 6) is -1.36. The minimum absolute atomic E-state index is 0.0271. The van der Waals surface area contributed by atoms with E-state index in [1.807, 2.05) is 19.9 Å². The molecule has 0 saturated heterocycles. The van der Waals surface area contributed by atoms with E-state index in [1.165, 1.54) is 12.1 Å². The Kier molecular flexibility index (Phi) is 6.49. The van der Waals surface area contributed by atoms with Gasteiger partial charge < -0.3 is 11.5 Å². The van der Waals surface area contributed by atoms with Crippen molar-refractivity contribution in [3.63, 3.8) is 0 Å². The Labute approximate surface area is 142 Å². The van der Waals surface area contributed by atoms with Gasteiger partial charge in [-0.2, -0.15) is 10.3 Å². The fourth-order valence-corrected chi connectivity index (χ4v) is 3.44. The second-order valence-corrected chi connectivity index (χ2v) is 7.69. The van der Waals surface area contributed by atoms with E-state index in [-0.39, 0.29) is 21.9 Å². The molecule has 1 unspecified atom stereocenters. The summed E-state index contributed by atoms with van der Waals surface area (Å²) in [5.41, 5.74) is 10.8. The quantitative estimate of drug-likeness (QED) is 0.591. The van der Waals surface area contributed by atoms with E-state index in [0.717, 1.165) is 25.5 Å². The lowest BCUT2D eigenvalue weighted by molar-refractivity contribution is 0.100. The molecule has 0 heterocycles. The monoisotopic (exact) mass is 350 g/mol. The number of guanidine groups is 1. The highest BCUT2D eigenvalue weighted by atomic mass is 32.2. The average molecular weight is 350 g/mol. The molecule has 1 amide bonds. The number of hydrogen-bond donors (Lipinski definition) is 2. The maximum absolute atomic E-state index is 12.1.